The van der Waals surface area contributed by atoms with Crippen LogP contribution < -0.4 is 5.69 Å². The molecule has 0 spiro atoms. The van der Waals surface area contributed by atoms with Gasteiger partial charge in [0, 0.05) is 13.6 Å². The molecular weight excluding hydrogens is 372 g/mol. The van der Waals surface area contributed by atoms with Gasteiger partial charge in [0.25, 0.3) is 0 Å². The molecule has 0 unspecified atom stereocenters. The van der Waals surface area contributed by atoms with Crippen LogP contribution in [0, 0.1) is 0 Å². The number of carbonyl (C=O) groups is 1. The van der Waals surface area contributed by atoms with Gasteiger partial charge in [-0.25, -0.2) is 9.89 Å². The van der Waals surface area contributed by atoms with Crippen LogP contribution >= 0.6 is 11.8 Å². The number of carbonyl (C=O) groups excluding carboxylic acids is 1. The predicted molar refractivity (Wildman–Crippen MR) is 111 cm³/mol. The number of thioether (sulfide) groups is 1. The van der Waals surface area contributed by atoms with Gasteiger partial charge < -0.3 is 4.90 Å². The standard InChI is InChI=1S/C21H24N4O2S/c1-3-14-25-20(27)22-23-21(25)28-15-18(26)24(2)19(16-10-6-4-7-11-16)17-12-8-5-9-13-17/h4-13,19H,3,14-15H2,1-2H3,(H,22,27). The first-order valence-electron chi connectivity index (χ1n) is 9.25. The van der Waals surface area contributed by atoms with E-state index in [-0.39, 0.29) is 23.4 Å². The van der Waals surface area contributed by atoms with Gasteiger partial charge in [-0.3, -0.25) is 9.36 Å². The minimum absolute atomic E-state index is 0.0267. The number of benzene rings is 2. The average molecular weight is 397 g/mol. The molecule has 0 radical (unpaired) electrons. The number of amides is 1. The number of H-pyrrole nitrogens is 1. The molecule has 1 amide bonds. The second kappa shape index (κ2) is 9.41. The minimum Gasteiger partial charge on any atom is -0.334 e. The van der Waals surface area contributed by atoms with Gasteiger partial charge in [0.15, 0.2) is 5.16 Å². The Kier molecular flexibility index (Phi) is 6.71. The van der Waals surface area contributed by atoms with Gasteiger partial charge in [-0.2, -0.15) is 0 Å². The van der Waals surface area contributed by atoms with E-state index in [1.54, 1.807) is 9.47 Å². The molecule has 0 aliphatic carbocycles. The zero-order chi connectivity index (χ0) is 19.9. The third-order valence-electron chi connectivity index (χ3n) is 4.51. The first kappa shape index (κ1) is 19.9. The van der Waals surface area contributed by atoms with E-state index in [2.05, 4.69) is 10.2 Å². The Morgan fingerprint density at radius 2 is 1.68 bits per heavy atom. The molecule has 0 fully saturated rings. The normalized spacial score (nSPS) is 11.0. The molecule has 7 heteroatoms. The van der Waals surface area contributed by atoms with Gasteiger partial charge in [-0.05, 0) is 17.5 Å². The lowest BCUT2D eigenvalue weighted by Gasteiger charge is -2.29. The Morgan fingerprint density at radius 1 is 1.11 bits per heavy atom. The summed E-state index contributed by atoms with van der Waals surface area (Å²) in [6.07, 6.45) is 0.824. The number of nitrogens with zero attached hydrogens (tertiary/aromatic N) is 3. The van der Waals surface area contributed by atoms with Gasteiger partial charge in [0.05, 0.1) is 11.8 Å². The molecule has 1 aromatic heterocycles. The van der Waals surface area contributed by atoms with Crippen LogP contribution in [0.15, 0.2) is 70.6 Å². The van der Waals surface area contributed by atoms with E-state index in [1.807, 2.05) is 74.6 Å². The fourth-order valence-electron chi connectivity index (χ4n) is 3.12. The molecule has 1 heterocycles. The van der Waals surface area contributed by atoms with E-state index in [0.717, 1.165) is 17.5 Å². The number of rotatable bonds is 8. The maximum absolute atomic E-state index is 13.0. The maximum Gasteiger partial charge on any atom is 0.343 e. The second-order valence-electron chi connectivity index (χ2n) is 6.48. The lowest BCUT2D eigenvalue weighted by atomic mass is 9.97. The SMILES string of the molecule is CCCn1c(SCC(=O)N(C)C(c2ccccc2)c2ccccc2)n[nH]c1=O. The van der Waals surface area contributed by atoms with Crippen molar-refractivity contribution < 1.29 is 4.79 Å². The summed E-state index contributed by atoms with van der Waals surface area (Å²) in [4.78, 5) is 26.5. The van der Waals surface area contributed by atoms with Crippen LogP contribution in [0.5, 0.6) is 0 Å². The van der Waals surface area contributed by atoms with Crippen LogP contribution in [0.1, 0.15) is 30.5 Å². The Labute approximate surface area is 168 Å². The third-order valence-corrected chi connectivity index (χ3v) is 5.47. The summed E-state index contributed by atoms with van der Waals surface area (Å²) in [5.41, 5.74) is 1.87. The van der Waals surface area contributed by atoms with Crippen molar-refractivity contribution in [3.63, 3.8) is 0 Å². The van der Waals surface area contributed by atoms with Crippen molar-refractivity contribution in [2.24, 2.45) is 0 Å². The number of hydrogen-bond donors (Lipinski definition) is 1. The fraction of sp³-hybridized carbons (Fsp3) is 0.286. The zero-order valence-corrected chi connectivity index (χ0v) is 16.9. The predicted octanol–water partition coefficient (Wildman–Crippen LogP) is 3.32. The molecule has 28 heavy (non-hydrogen) atoms. The van der Waals surface area contributed by atoms with Crippen LogP contribution in [0.2, 0.25) is 0 Å². The van der Waals surface area contributed by atoms with Crippen molar-refractivity contribution >= 4 is 17.7 Å². The minimum atomic E-state index is -0.239. The van der Waals surface area contributed by atoms with Crippen LogP contribution in [-0.4, -0.2) is 38.4 Å². The summed E-state index contributed by atoms with van der Waals surface area (Å²) in [5.74, 6) is 0.182. The van der Waals surface area contributed by atoms with Gasteiger partial charge in [-0.1, -0.05) is 79.3 Å². The lowest BCUT2D eigenvalue weighted by molar-refractivity contribution is -0.128. The third kappa shape index (κ3) is 4.54. The molecule has 3 rings (SSSR count). The topological polar surface area (TPSA) is 71.0 Å². The molecule has 0 saturated heterocycles. The monoisotopic (exact) mass is 396 g/mol. The molecular formula is C21H24N4O2S. The van der Waals surface area contributed by atoms with Crippen LogP contribution in [0.4, 0.5) is 0 Å². The molecule has 6 nitrogen and oxygen atoms in total. The summed E-state index contributed by atoms with van der Waals surface area (Å²) in [6, 6.07) is 19.8. The van der Waals surface area contributed by atoms with Crippen LogP contribution in [-0.2, 0) is 11.3 Å². The second-order valence-corrected chi connectivity index (χ2v) is 7.42. The summed E-state index contributed by atoms with van der Waals surface area (Å²) in [6.45, 7) is 2.58. The first-order valence-corrected chi connectivity index (χ1v) is 10.2. The van der Waals surface area contributed by atoms with Gasteiger partial charge in [0.1, 0.15) is 0 Å². The Bertz CT molecular complexity index is 914. The summed E-state index contributed by atoms with van der Waals surface area (Å²) >= 11 is 1.28. The number of hydrogen-bond acceptors (Lipinski definition) is 4. The highest BCUT2D eigenvalue weighted by Gasteiger charge is 2.24. The molecule has 146 valence electrons. The fourth-order valence-corrected chi connectivity index (χ4v) is 4.01. The first-order chi connectivity index (χ1) is 13.6. The van der Waals surface area contributed by atoms with E-state index in [1.165, 1.54) is 11.8 Å². The summed E-state index contributed by atoms with van der Waals surface area (Å²) in [7, 11) is 1.82. The van der Waals surface area contributed by atoms with Crippen molar-refractivity contribution in [3.8, 4) is 0 Å². The molecule has 3 aromatic rings. The smallest absolute Gasteiger partial charge is 0.334 e. The highest BCUT2D eigenvalue weighted by atomic mass is 32.2. The van der Waals surface area contributed by atoms with E-state index >= 15 is 0 Å². The molecule has 0 aliphatic heterocycles. The number of nitrogens with one attached hydrogen (secondary N) is 1. The maximum atomic E-state index is 13.0. The highest BCUT2D eigenvalue weighted by molar-refractivity contribution is 7.99. The van der Waals surface area contributed by atoms with Crippen LogP contribution in [0.25, 0.3) is 0 Å². The van der Waals surface area contributed by atoms with E-state index in [9.17, 15) is 9.59 Å². The van der Waals surface area contributed by atoms with Gasteiger partial charge in [0.2, 0.25) is 5.91 Å². The lowest BCUT2D eigenvalue weighted by Crippen LogP contribution is -2.33. The highest BCUT2D eigenvalue weighted by Crippen LogP contribution is 2.28. The molecule has 0 aliphatic rings. The number of aromatic nitrogens is 3. The van der Waals surface area contributed by atoms with Crippen molar-refractivity contribution in [1.82, 2.24) is 19.7 Å². The van der Waals surface area contributed by atoms with E-state index in [0.29, 0.717) is 11.7 Å². The molecule has 0 atom stereocenters. The largest absolute Gasteiger partial charge is 0.343 e. The quantitative estimate of drug-likeness (QED) is 0.593. The Balaban J connectivity index is 1.78. The van der Waals surface area contributed by atoms with Crippen molar-refractivity contribution in [3.05, 3.63) is 82.3 Å². The molecule has 0 bridgehead atoms. The van der Waals surface area contributed by atoms with E-state index < -0.39 is 0 Å². The number of aromatic amines is 1. The summed E-state index contributed by atoms with van der Waals surface area (Å²) < 4.78 is 1.57. The average Bonchev–Trinajstić information content (AvgIpc) is 3.08. The van der Waals surface area contributed by atoms with Crippen molar-refractivity contribution in [1.29, 1.82) is 0 Å². The van der Waals surface area contributed by atoms with Crippen LogP contribution in [0.3, 0.4) is 0 Å². The van der Waals surface area contributed by atoms with Gasteiger partial charge >= 0.3 is 5.69 Å². The summed E-state index contributed by atoms with van der Waals surface area (Å²) in [5, 5.41) is 7.05. The Morgan fingerprint density at radius 3 is 2.21 bits per heavy atom. The van der Waals surface area contributed by atoms with Crippen molar-refractivity contribution in [2.75, 3.05) is 12.8 Å². The zero-order valence-electron chi connectivity index (χ0n) is 16.0. The molecule has 0 saturated carbocycles. The molecule has 2 aromatic carbocycles. The van der Waals surface area contributed by atoms with Gasteiger partial charge in [-0.15, -0.1) is 5.10 Å². The molecule has 1 N–H and O–H groups in total. The van der Waals surface area contributed by atoms with E-state index in [4.69, 9.17) is 0 Å². The Hall–Kier alpha value is -2.80. The van der Waals surface area contributed by atoms with Crippen molar-refractivity contribution in [2.45, 2.75) is 31.1 Å².